The fraction of sp³-hybridized carbons (Fsp3) is 0.744. The molecule has 0 unspecified atom stereocenters. The molecule has 0 bridgehead atoms. The van der Waals surface area contributed by atoms with Gasteiger partial charge in [0.05, 0.1) is 42.7 Å². The predicted octanol–water partition coefficient (Wildman–Crippen LogP) is 5.32. The Kier molecular flexibility index (Phi) is 19.5. The summed E-state index contributed by atoms with van der Waals surface area (Å²) in [6, 6.07) is 7.35. The van der Waals surface area contributed by atoms with Crippen LogP contribution in [0.3, 0.4) is 0 Å². The van der Waals surface area contributed by atoms with E-state index in [-0.39, 0.29) is 72.6 Å². The molecule has 1 fully saturated rings. The number of carboxylic acids is 1. The SMILES string of the molecule is CC[C@H](C)[C@@H]([C@@H](CC(=O)N1CCC[C@H]1[C@H](OC)[C@@H](C)C(=O)C[C@@H](Cc1ccccc1)C(=O)O)OC)N(C)C(=O)[C@@H](NC(=O)[C@H](C(C)C)N(C)C(C)C)C(C)C. The molecule has 55 heavy (non-hydrogen) atoms. The summed E-state index contributed by atoms with van der Waals surface area (Å²) in [6.07, 6.45) is 0.925. The van der Waals surface area contributed by atoms with Crippen LogP contribution >= 0.6 is 0 Å². The summed E-state index contributed by atoms with van der Waals surface area (Å²) in [7, 11) is 6.73. The van der Waals surface area contributed by atoms with Crippen molar-refractivity contribution in [2.24, 2.45) is 29.6 Å². The van der Waals surface area contributed by atoms with Gasteiger partial charge < -0.3 is 29.7 Å². The number of ether oxygens (including phenoxy) is 2. The van der Waals surface area contributed by atoms with E-state index in [0.717, 1.165) is 18.4 Å². The highest BCUT2D eigenvalue weighted by Gasteiger charge is 2.43. The highest BCUT2D eigenvalue weighted by Crippen LogP contribution is 2.31. The van der Waals surface area contributed by atoms with E-state index < -0.39 is 48.1 Å². The second-order valence-electron chi connectivity index (χ2n) is 16.7. The number of likely N-dealkylation sites (tertiary alicyclic amines) is 1. The van der Waals surface area contributed by atoms with E-state index in [4.69, 9.17) is 9.47 Å². The van der Waals surface area contributed by atoms with Crippen LogP contribution in [-0.2, 0) is 39.9 Å². The van der Waals surface area contributed by atoms with E-state index >= 15 is 0 Å². The van der Waals surface area contributed by atoms with Gasteiger partial charge >= 0.3 is 5.97 Å². The van der Waals surface area contributed by atoms with Crippen molar-refractivity contribution in [2.45, 2.75) is 143 Å². The van der Waals surface area contributed by atoms with Gasteiger partial charge in [-0.05, 0) is 63.5 Å². The molecular formula is C43H72N4O8. The maximum atomic E-state index is 14.3. The Morgan fingerprint density at radius 1 is 0.909 bits per heavy atom. The van der Waals surface area contributed by atoms with Crippen LogP contribution in [0.15, 0.2) is 30.3 Å². The number of rotatable bonds is 23. The number of hydrogen-bond acceptors (Lipinski definition) is 8. The van der Waals surface area contributed by atoms with Gasteiger partial charge in [-0.3, -0.25) is 28.9 Å². The van der Waals surface area contributed by atoms with E-state index in [1.54, 1.807) is 30.9 Å². The van der Waals surface area contributed by atoms with Crippen LogP contribution in [0.1, 0.15) is 100.0 Å². The lowest BCUT2D eigenvalue weighted by atomic mass is 9.85. The van der Waals surface area contributed by atoms with Gasteiger partial charge in [-0.2, -0.15) is 0 Å². The summed E-state index contributed by atoms with van der Waals surface area (Å²) in [5.74, 6) is -3.57. The minimum Gasteiger partial charge on any atom is -0.481 e. The van der Waals surface area contributed by atoms with Gasteiger partial charge in [-0.1, -0.05) is 85.2 Å². The Balaban J connectivity index is 2.29. The number of likely N-dealkylation sites (N-methyl/N-ethyl adjacent to an activating group) is 2. The Morgan fingerprint density at radius 3 is 2.02 bits per heavy atom. The number of benzene rings is 1. The summed E-state index contributed by atoms with van der Waals surface area (Å²) in [4.78, 5) is 73.5. The highest BCUT2D eigenvalue weighted by molar-refractivity contribution is 5.90. The first-order valence-corrected chi connectivity index (χ1v) is 20.3. The third kappa shape index (κ3) is 12.8. The average Bonchev–Trinajstić information content (AvgIpc) is 3.62. The molecule has 0 radical (unpaired) electrons. The zero-order valence-corrected chi connectivity index (χ0v) is 35.9. The van der Waals surface area contributed by atoms with Crippen LogP contribution in [-0.4, -0.2) is 127 Å². The second-order valence-corrected chi connectivity index (χ2v) is 16.7. The van der Waals surface area contributed by atoms with Gasteiger partial charge in [0, 0.05) is 46.2 Å². The molecule has 1 aromatic rings. The number of carbonyl (C=O) groups excluding carboxylic acids is 4. The van der Waals surface area contributed by atoms with Gasteiger partial charge in [0.15, 0.2) is 0 Å². The van der Waals surface area contributed by atoms with Crippen molar-refractivity contribution in [1.82, 2.24) is 20.0 Å². The highest BCUT2D eigenvalue weighted by atomic mass is 16.5. The summed E-state index contributed by atoms with van der Waals surface area (Å²) >= 11 is 0. The summed E-state index contributed by atoms with van der Waals surface area (Å²) in [6.45, 7) is 18.2. The quantitative estimate of drug-likeness (QED) is 0.151. The standard InChI is InChI=1S/C43H72N4O8/c1-14-29(8)39(46(11)42(51)37(26(2)3)44-41(50)38(27(4)5)45(10)28(6)7)35(54-12)25-36(49)47-22-18-21-33(47)40(55-13)30(9)34(48)24-32(43(52)53)23-31-19-16-15-17-20-31/h15-17,19-20,26-30,32-33,35,37-40H,14,18,21-25H2,1-13H3,(H,44,50)(H,52,53)/t29-,30-,32+,33-,35+,37-,38-,39-,40+/m0/s1. The van der Waals surface area contributed by atoms with Crippen LogP contribution in [0.4, 0.5) is 0 Å². The van der Waals surface area contributed by atoms with Crippen LogP contribution < -0.4 is 5.32 Å². The number of ketones is 1. The van der Waals surface area contributed by atoms with Crippen molar-refractivity contribution in [3.8, 4) is 0 Å². The Bertz CT molecular complexity index is 1390. The number of aliphatic carboxylic acids is 1. The lowest BCUT2D eigenvalue weighted by Crippen LogP contribution is -2.60. The van der Waals surface area contributed by atoms with E-state index in [9.17, 15) is 29.1 Å². The molecule has 2 rings (SSSR count). The van der Waals surface area contributed by atoms with Gasteiger partial charge in [-0.15, -0.1) is 0 Å². The van der Waals surface area contributed by atoms with Crippen LogP contribution in [0.2, 0.25) is 0 Å². The zero-order chi connectivity index (χ0) is 41.7. The monoisotopic (exact) mass is 773 g/mol. The van der Waals surface area contributed by atoms with Crippen molar-refractivity contribution in [3.63, 3.8) is 0 Å². The first kappa shape index (κ1) is 47.8. The molecule has 0 aliphatic carbocycles. The Labute approximate surface area is 331 Å². The molecule has 0 spiro atoms. The predicted molar refractivity (Wildman–Crippen MR) is 215 cm³/mol. The van der Waals surface area contributed by atoms with Gasteiger partial charge in [0.25, 0.3) is 0 Å². The third-order valence-corrected chi connectivity index (χ3v) is 11.9. The van der Waals surface area contributed by atoms with Gasteiger partial charge in [0.2, 0.25) is 17.7 Å². The Hall–Kier alpha value is -3.35. The molecule has 1 aromatic carbocycles. The summed E-state index contributed by atoms with van der Waals surface area (Å²) in [5.41, 5.74) is 0.848. The van der Waals surface area contributed by atoms with Crippen molar-refractivity contribution in [1.29, 1.82) is 0 Å². The minimum atomic E-state index is -1.03. The first-order valence-electron chi connectivity index (χ1n) is 20.3. The molecule has 1 heterocycles. The summed E-state index contributed by atoms with van der Waals surface area (Å²) in [5, 5.41) is 13.0. The molecular weight excluding hydrogens is 700 g/mol. The van der Waals surface area contributed by atoms with Crippen molar-refractivity contribution in [3.05, 3.63) is 35.9 Å². The molecule has 2 N–H and O–H groups in total. The van der Waals surface area contributed by atoms with Gasteiger partial charge in [0.1, 0.15) is 11.8 Å². The maximum Gasteiger partial charge on any atom is 0.307 e. The molecule has 1 saturated heterocycles. The number of amides is 3. The Morgan fingerprint density at radius 2 is 1.53 bits per heavy atom. The fourth-order valence-corrected chi connectivity index (χ4v) is 8.17. The number of carbonyl (C=O) groups is 5. The lowest BCUT2D eigenvalue weighted by Gasteiger charge is -2.41. The van der Waals surface area contributed by atoms with Crippen molar-refractivity contribution < 1.29 is 38.6 Å². The smallest absolute Gasteiger partial charge is 0.307 e. The molecule has 0 saturated carbocycles. The molecule has 3 amide bonds. The first-order chi connectivity index (χ1) is 25.8. The normalized spacial score (nSPS) is 19.1. The number of carboxylic acid groups (broad SMARTS) is 1. The summed E-state index contributed by atoms with van der Waals surface area (Å²) < 4.78 is 11.9. The number of hydrogen-bond donors (Lipinski definition) is 2. The maximum absolute atomic E-state index is 14.3. The van der Waals surface area contributed by atoms with E-state index in [1.165, 1.54) is 7.11 Å². The van der Waals surface area contributed by atoms with Gasteiger partial charge in [-0.25, -0.2) is 0 Å². The van der Waals surface area contributed by atoms with Crippen LogP contribution in [0.5, 0.6) is 0 Å². The zero-order valence-electron chi connectivity index (χ0n) is 35.9. The molecule has 12 heteroatoms. The molecule has 312 valence electrons. The number of methoxy groups -OCH3 is 2. The topological polar surface area (TPSA) is 146 Å². The molecule has 9 atom stereocenters. The van der Waals surface area contributed by atoms with E-state index in [0.29, 0.717) is 13.0 Å². The average molecular weight is 773 g/mol. The lowest BCUT2D eigenvalue weighted by molar-refractivity contribution is -0.148. The van der Waals surface area contributed by atoms with E-state index in [2.05, 4.69) is 5.32 Å². The second kappa shape index (κ2) is 22.4. The molecule has 12 nitrogen and oxygen atoms in total. The van der Waals surface area contributed by atoms with Crippen molar-refractivity contribution in [2.75, 3.05) is 34.9 Å². The molecule has 1 aliphatic heterocycles. The molecule has 1 aliphatic rings. The number of Topliss-reactive ketones (excluding diaryl/α,β-unsaturated/α-hetero) is 1. The van der Waals surface area contributed by atoms with Crippen molar-refractivity contribution >= 4 is 29.5 Å². The van der Waals surface area contributed by atoms with Crippen LogP contribution in [0.25, 0.3) is 0 Å². The van der Waals surface area contributed by atoms with E-state index in [1.807, 2.05) is 97.7 Å². The number of nitrogens with zero attached hydrogens (tertiary/aromatic N) is 3. The third-order valence-electron chi connectivity index (χ3n) is 11.9. The minimum absolute atomic E-state index is 0.00383. The number of nitrogens with one attached hydrogen (secondary N) is 1. The fourth-order valence-electron chi connectivity index (χ4n) is 8.17. The molecule has 0 aromatic heterocycles. The largest absolute Gasteiger partial charge is 0.481 e. The van der Waals surface area contributed by atoms with Crippen LogP contribution in [0, 0.1) is 29.6 Å².